The lowest BCUT2D eigenvalue weighted by molar-refractivity contribution is 0.0696. The number of tetrazole rings is 1. The summed E-state index contributed by atoms with van der Waals surface area (Å²) in [6.07, 6.45) is 4.18. The Morgan fingerprint density at radius 2 is 2.00 bits per heavy atom. The van der Waals surface area contributed by atoms with E-state index in [2.05, 4.69) is 32.5 Å². The number of benzene rings is 1. The molecule has 0 saturated carbocycles. The van der Waals surface area contributed by atoms with Gasteiger partial charge in [0.05, 0.1) is 22.6 Å². The first-order chi connectivity index (χ1) is 16.5. The van der Waals surface area contributed by atoms with Crippen LogP contribution < -0.4 is 4.90 Å². The van der Waals surface area contributed by atoms with Gasteiger partial charge in [-0.2, -0.15) is 5.21 Å². The topological polar surface area (TPSA) is 130 Å². The SMILES string of the molecule is CCCCc1ncc(C(=O)N(Cc2ccc(Cl)s2)c2nn[nH]n2)n1Cc1ccc(C(=O)O)cc1. The van der Waals surface area contributed by atoms with E-state index in [-0.39, 0.29) is 24.0 Å². The smallest absolute Gasteiger partial charge is 0.335 e. The van der Waals surface area contributed by atoms with Gasteiger partial charge in [0, 0.05) is 17.8 Å². The number of halogens is 1. The summed E-state index contributed by atoms with van der Waals surface area (Å²) < 4.78 is 2.48. The van der Waals surface area contributed by atoms with Gasteiger partial charge < -0.3 is 9.67 Å². The number of nitrogens with one attached hydrogen (secondary N) is 1. The summed E-state index contributed by atoms with van der Waals surface area (Å²) in [5.41, 5.74) is 1.43. The maximum atomic E-state index is 13.7. The van der Waals surface area contributed by atoms with Gasteiger partial charge in [-0.25, -0.2) is 9.78 Å². The zero-order valence-corrected chi connectivity index (χ0v) is 19.9. The molecular formula is C22H22ClN7O3S. The highest BCUT2D eigenvalue weighted by molar-refractivity contribution is 7.16. The molecule has 0 aliphatic heterocycles. The van der Waals surface area contributed by atoms with Crippen molar-refractivity contribution in [3.63, 3.8) is 0 Å². The number of carbonyl (C=O) groups is 2. The van der Waals surface area contributed by atoms with Crippen LogP contribution in [0.2, 0.25) is 4.34 Å². The third kappa shape index (κ3) is 5.32. The van der Waals surface area contributed by atoms with Crippen LogP contribution in [0.15, 0.2) is 42.6 Å². The Morgan fingerprint density at radius 3 is 2.62 bits per heavy atom. The molecule has 0 bridgehead atoms. The molecule has 176 valence electrons. The number of amides is 1. The molecule has 0 radical (unpaired) electrons. The molecule has 0 atom stereocenters. The fourth-order valence-electron chi connectivity index (χ4n) is 3.47. The van der Waals surface area contributed by atoms with E-state index in [1.807, 2.05) is 10.6 Å². The number of aromatic nitrogens is 6. The molecular weight excluding hydrogens is 478 g/mol. The first-order valence-corrected chi connectivity index (χ1v) is 11.8. The largest absolute Gasteiger partial charge is 0.478 e. The summed E-state index contributed by atoms with van der Waals surface area (Å²) in [5.74, 6) is -0.399. The number of H-pyrrole nitrogens is 1. The van der Waals surface area contributed by atoms with Crippen molar-refractivity contribution in [2.24, 2.45) is 0 Å². The molecule has 1 aromatic carbocycles. The van der Waals surface area contributed by atoms with Crippen LogP contribution in [0.4, 0.5) is 5.95 Å². The molecule has 0 fully saturated rings. The fourth-order valence-corrected chi connectivity index (χ4v) is 4.54. The zero-order valence-electron chi connectivity index (χ0n) is 18.3. The number of hydrogen-bond acceptors (Lipinski definition) is 7. The number of aromatic amines is 1. The van der Waals surface area contributed by atoms with Gasteiger partial charge in [-0.3, -0.25) is 9.69 Å². The van der Waals surface area contributed by atoms with Crippen LogP contribution in [-0.4, -0.2) is 47.2 Å². The minimum Gasteiger partial charge on any atom is -0.478 e. The summed E-state index contributed by atoms with van der Waals surface area (Å²) in [7, 11) is 0. The summed E-state index contributed by atoms with van der Waals surface area (Å²) in [4.78, 5) is 31.7. The van der Waals surface area contributed by atoms with Gasteiger partial charge in [-0.15, -0.1) is 16.4 Å². The summed E-state index contributed by atoms with van der Waals surface area (Å²) in [6.45, 7) is 2.68. The summed E-state index contributed by atoms with van der Waals surface area (Å²) in [5, 5.41) is 23.2. The second kappa shape index (κ2) is 10.6. The van der Waals surface area contributed by atoms with Crippen molar-refractivity contribution < 1.29 is 14.7 Å². The number of aromatic carboxylic acids is 1. The lowest BCUT2D eigenvalue weighted by Gasteiger charge is -2.19. The van der Waals surface area contributed by atoms with E-state index in [4.69, 9.17) is 11.6 Å². The molecule has 0 aliphatic carbocycles. The van der Waals surface area contributed by atoms with Crippen LogP contribution >= 0.6 is 22.9 Å². The number of nitrogens with zero attached hydrogens (tertiary/aromatic N) is 6. The van der Waals surface area contributed by atoms with Crippen LogP contribution in [0, 0.1) is 0 Å². The van der Waals surface area contributed by atoms with Crippen molar-refractivity contribution in [2.75, 3.05) is 4.90 Å². The summed E-state index contributed by atoms with van der Waals surface area (Å²) in [6, 6.07) is 10.2. The molecule has 4 aromatic rings. The number of anilines is 1. The molecule has 0 spiro atoms. The van der Waals surface area contributed by atoms with E-state index in [1.54, 1.807) is 36.5 Å². The number of rotatable bonds is 10. The number of unbranched alkanes of at least 4 members (excludes halogenated alkanes) is 1. The number of hydrogen-bond donors (Lipinski definition) is 2. The molecule has 0 saturated heterocycles. The zero-order chi connectivity index (χ0) is 24.1. The quantitative estimate of drug-likeness (QED) is 0.336. The fraction of sp³-hybridized carbons (Fsp3) is 0.273. The van der Waals surface area contributed by atoms with Crippen molar-refractivity contribution in [1.82, 2.24) is 30.2 Å². The molecule has 4 rings (SSSR count). The molecule has 12 heteroatoms. The Hall–Kier alpha value is -3.57. The van der Waals surface area contributed by atoms with Crippen molar-refractivity contribution in [3.05, 3.63) is 74.5 Å². The van der Waals surface area contributed by atoms with Crippen molar-refractivity contribution in [2.45, 2.75) is 39.3 Å². The van der Waals surface area contributed by atoms with Gasteiger partial charge in [0.2, 0.25) is 0 Å². The Balaban J connectivity index is 1.68. The van der Waals surface area contributed by atoms with Crippen molar-refractivity contribution in [1.29, 1.82) is 0 Å². The molecule has 10 nitrogen and oxygen atoms in total. The number of carbonyl (C=O) groups excluding carboxylic acids is 1. The van der Waals surface area contributed by atoms with E-state index >= 15 is 0 Å². The van der Waals surface area contributed by atoms with Gasteiger partial charge in [-0.05, 0) is 41.5 Å². The predicted molar refractivity (Wildman–Crippen MR) is 127 cm³/mol. The molecule has 2 N–H and O–H groups in total. The normalized spacial score (nSPS) is 11.0. The first kappa shape index (κ1) is 23.6. The second-order valence-electron chi connectivity index (χ2n) is 7.56. The maximum absolute atomic E-state index is 13.7. The number of imidazole rings is 1. The molecule has 0 unspecified atom stereocenters. The highest BCUT2D eigenvalue weighted by Crippen LogP contribution is 2.25. The predicted octanol–water partition coefficient (Wildman–Crippen LogP) is 4.05. The molecule has 3 heterocycles. The van der Waals surface area contributed by atoms with Crippen molar-refractivity contribution in [3.8, 4) is 0 Å². The van der Waals surface area contributed by atoms with Crippen LogP contribution in [0.5, 0.6) is 0 Å². The van der Waals surface area contributed by atoms with E-state index in [0.29, 0.717) is 23.0 Å². The van der Waals surface area contributed by atoms with Gasteiger partial charge in [-0.1, -0.05) is 42.2 Å². The third-order valence-corrected chi connectivity index (χ3v) is 6.43. The highest BCUT2D eigenvalue weighted by Gasteiger charge is 2.27. The number of thiophene rings is 1. The Kier molecular flexibility index (Phi) is 7.33. The second-order valence-corrected chi connectivity index (χ2v) is 9.36. The highest BCUT2D eigenvalue weighted by atomic mass is 35.5. The maximum Gasteiger partial charge on any atom is 0.335 e. The third-order valence-electron chi connectivity index (χ3n) is 5.22. The minimum absolute atomic E-state index is 0.142. The van der Waals surface area contributed by atoms with E-state index in [9.17, 15) is 14.7 Å². The minimum atomic E-state index is -0.988. The number of carboxylic acid groups (broad SMARTS) is 1. The molecule has 3 aromatic heterocycles. The monoisotopic (exact) mass is 499 g/mol. The van der Waals surface area contributed by atoms with Crippen LogP contribution in [0.3, 0.4) is 0 Å². The standard InChI is InChI=1S/C22H22ClN7O3S/c1-2-3-4-19-24-11-17(29(19)12-14-5-7-15(8-6-14)21(32)33)20(31)30(22-25-27-28-26-22)13-16-9-10-18(23)34-16/h5-11H,2-4,12-13H2,1H3,(H,32,33)(H,25,26,27,28). The number of carboxylic acids is 1. The van der Waals surface area contributed by atoms with E-state index in [1.165, 1.54) is 16.2 Å². The van der Waals surface area contributed by atoms with Crippen LogP contribution in [-0.2, 0) is 19.5 Å². The average Bonchev–Trinajstić information content (AvgIpc) is 3.58. The Labute approximate surface area is 204 Å². The molecule has 0 aliphatic rings. The van der Waals surface area contributed by atoms with E-state index < -0.39 is 5.97 Å². The average molecular weight is 500 g/mol. The molecule has 34 heavy (non-hydrogen) atoms. The van der Waals surface area contributed by atoms with E-state index in [0.717, 1.165) is 29.1 Å². The lowest BCUT2D eigenvalue weighted by atomic mass is 10.1. The van der Waals surface area contributed by atoms with Gasteiger partial charge >= 0.3 is 5.97 Å². The Bertz CT molecular complexity index is 1270. The Morgan fingerprint density at radius 1 is 1.21 bits per heavy atom. The van der Waals surface area contributed by atoms with Gasteiger partial charge in [0.15, 0.2) is 0 Å². The lowest BCUT2D eigenvalue weighted by Crippen LogP contribution is -2.33. The van der Waals surface area contributed by atoms with Gasteiger partial charge in [0.1, 0.15) is 11.5 Å². The number of aryl methyl sites for hydroxylation is 1. The van der Waals surface area contributed by atoms with Crippen molar-refractivity contribution >= 4 is 40.8 Å². The first-order valence-electron chi connectivity index (χ1n) is 10.6. The van der Waals surface area contributed by atoms with Gasteiger partial charge in [0.25, 0.3) is 11.9 Å². The summed E-state index contributed by atoms with van der Waals surface area (Å²) >= 11 is 7.45. The molecule has 1 amide bonds. The van der Waals surface area contributed by atoms with Crippen LogP contribution in [0.25, 0.3) is 0 Å². The van der Waals surface area contributed by atoms with Crippen LogP contribution in [0.1, 0.15) is 56.9 Å².